The van der Waals surface area contributed by atoms with Gasteiger partial charge in [-0.1, -0.05) is 6.42 Å². The second-order valence-corrected chi connectivity index (χ2v) is 6.43. The van der Waals surface area contributed by atoms with Crippen LogP contribution in [0.1, 0.15) is 51.9 Å². The lowest BCUT2D eigenvalue weighted by Crippen LogP contribution is -2.01. The van der Waals surface area contributed by atoms with Crippen molar-refractivity contribution in [1.29, 1.82) is 0 Å². The van der Waals surface area contributed by atoms with E-state index in [0.29, 0.717) is 17.9 Å². The van der Waals surface area contributed by atoms with Gasteiger partial charge in [0.2, 0.25) is 5.78 Å². The van der Waals surface area contributed by atoms with Gasteiger partial charge in [-0.15, -0.1) is 11.3 Å². The van der Waals surface area contributed by atoms with Gasteiger partial charge in [0.15, 0.2) is 0 Å². The van der Waals surface area contributed by atoms with Crippen LogP contribution in [0.4, 0.5) is 0 Å². The Kier molecular flexibility index (Phi) is 4.34. The molecule has 0 unspecified atom stereocenters. The molecule has 3 nitrogen and oxygen atoms in total. The van der Waals surface area contributed by atoms with Crippen molar-refractivity contribution in [2.24, 2.45) is 0 Å². The first kappa shape index (κ1) is 14.3. The third-order valence-electron chi connectivity index (χ3n) is 3.76. The fraction of sp³-hybridized carbons (Fsp3) is 0.412. The predicted octanol–water partition coefficient (Wildman–Crippen LogP) is 4.04. The van der Waals surface area contributed by atoms with Gasteiger partial charge in [0.1, 0.15) is 5.75 Å². The third kappa shape index (κ3) is 3.16. The predicted molar refractivity (Wildman–Crippen MR) is 84.4 cm³/mol. The van der Waals surface area contributed by atoms with Crippen LogP contribution in [0.2, 0.25) is 0 Å². The summed E-state index contributed by atoms with van der Waals surface area (Å²) in [6.07, 6.45) is 9.26. The van der Waals surface area contributed by atoms with Crippen molar-refractivity contribution in [2.75, 3.05) is 6.61 Å². The second kappa shape index (κ2) is 6.39. The molecule has 0 N–H and O–H groups in total. The van der Waals surface area contributed by atoms with E-state index in [9.17, 15) is 4.79 Å². The van der Waals surface area contributed by atoms with Crippen LogP contribution in [0.3, 0.4) is 0 Å². The average Bonchev–Trinajstić information content (AvgIpc) is 2.78. The summed E-state index contributed by atoms with van der Waals surface area (Å²) in [5, 5.41) is 0. The molecule has 0 aliphatic heterocycles. The molecular weight excluding hydrogens is 282 g/mol. The van der Waals surface area contributed by atoms with Crippen LogP contribution in [-0.2, 0) is 12.8 Å². The molecular formula is C17H19NO2S. The Bertz CT molecular complexity index is 624. The number of aromatic nitrogens is 1. The van der Waals surface area contributed by atoms with E-state index in [0.717, 1.165) is 17.7 Å². The molecule has 1 aliphatic carbocycles. The highest BCUT2D eigenvalue weighted by Gasteiger charge is 2.18. The van der Waals surface area contributed by atoms with Crippen molar-refractivity contribution in [3.05, 3.63) is 45.4 Å². The Morgan fingerprint density at radius 1 is 1.24 bits per heavy atom. The number of nitrogens with zero attached hydrogens (tertiary/aromatic N) is 1. The van der Waals surface area contributed by atoms with E-state index in [2.05, 4.69) is 11.1 Å². The van der Waals surface area contributed by atoms with Crippen molar-refractivity contribution in [2.45, 2.75) is 39.0 Å². The molecule has 0 saturated heterocycles. The zero-order valence-electron chi connectivity index (χ0n) is 12.2. The van der Waals surface area contributed by atoms with Crippen LogP contribution in [0, 0.1) is 0 Å². The monoisotopic (exact) mass is 301 g/mol. The number of pyridine rings is 1. The largest absolute Gasteiger partial charge is 0.492 e. The van der Waals surface area contributed by atoms with Crippen LogP contribution in [0.15, 0.2) is 24.5 Å². The number of ether oxygens (including phenoxy) is 1. The summed E-state index contributed by atoms with van der Waals surface area (Å²) in [7, 11) is 0. The Labute approximate surface area is 129 Å². The molecule has 0 saturated carbocycles. The normalized spacial score (nSPS) is 14.3. The summed E-state index contributed by atoms with van der Waals surface area (Å²) < 4.78 is 5.42. The maximum Gasteiger partial charge on any atom is 0.204 e. The molecule has 110 valence electrons. The molecule has 2 aromatic rings. The standard InChI is InChI=1S/C17H19NO2S/c1-2-20-14-8-13(10-18-11-14)17(19)16-9-12-6-4-3-5-7-15(12)21-16/h8-11H,2-7H2,1H3. The number of ketones is 1. The van der Waals surface area contributed by atoms with Crippen molar-refractivity contribution in [3.63, 3.8) is 0 Å². The summed E-state index contributed by atoms with van der Waals surface area (Å²) >= 11 is 1.65. The number of thiophene rings is 1. The van der Waals surface area contributed by atoms with Crippen LogP contribution in [0.25, 0.3) is 0 Å². The van der Waals surface area contributed by atoms with E-state index in [1.807, 2.05) is 6.92 Å². The minimum Gasteiger partial charge on any atom is -0.492 e. The van der Waals surface area contributed by atoms with Crippen molar-refractivity contribution >= 4 is 17.1 Å². The maximum atomic E-state index is 12.6. The van der Waals surface area contributed by atoms with E-state index >= 15 is 0 Å². The van der Waals surface area contributed by atoms with E-state index in [1.165, 1.54) is 29.7 Å². The van der Waals surface area contributed by atoms with Gasteiger partial charge < -0.3 is 4.74 Å². The summed E-state index contributed by atoms with van der Waals surface area (Å²) in [6, 6.07) is 3.87. The maximum absolute atomic E-state index is 12.6. The number of fused-ring (bicyclic) bond motifs is 1. The van der Waals surface area contributed by atoms with Gasteiger partial charge in [-0.25, -0.2) is 0 Å². The van der Waals surface area contributed by atoms with E-state index in [-0.39, 0.29) is 5.78 Å². The van der Waals surface area contributed by atoms with Gasteiger partial charge in [-0.3, -0.25) is 9.78 Å². The molecule has 21 heavy (non-hydrogen) atoms. The summed E-state index contributed by atoms with van der Waals surface area (Å²) in [4.78, 5) is 19.0. The molecule has 0 atom stereocenters. The molecule has 4 heteroatoms. The SMILES string of the molecule is CCOc1cncc(C(=O)c2cc3c(s2)CCCCC3)c1. The zero-order valence-corrected chi connectivity index (χ0v) is 13.0. The highest BCUT2D eigenvalue weighted by molar-refractivity contribution is 7.14. The van der Waals surface area contributed by atoms with Gasteiger partial charge in [0, 0.05) is 16.6 Å². The second-order valence-electron chi connectivity index (χ2n) is 5.29. The lowest BCUT2D eigenvalue weighted by molar-refractivity contribution is 0.104. The number of carbonyl (C=O) groups excluding carboxylic acids is 1. The van der Waals surface area contributed by atoms with E-state index in [4.69, 9.17) is 4.74 Å². The lowest BCUT2D eigenvalue weighted by Gasteiger charge is -2.03. The van der Waals surface area contributed by atoms with Gasteiger partial charge in [-0.05, 0) is 50.3 Å². The Balaban J connectivity index is 1.86. The van der Waals surface area contributed by atoms with Gasteiger partial charge in [0.05, 0.1) is 17.7 Å². The van der Waals surface area contributed by atoms with Crippen molar-refractivity contribution < 1.29 is 9.53 Å². The number of carbonyl (C=O) groups is 1. The molecule has 0 amide bonds. The Morgan fingerprint density at radius 2 is 2.10 bits per heavy atom. The highest BCUT2D eigenvalue weighted by atomic mass is 32.1. The first-order chi connectivity index (χ1) is 10.3. The summed E-state index contributed by atoms with van der Waals surface area (Å²) in [5.41, 5.74) is 1.98. The molecule has 0 radical (unpaired) electrons. The highest BCUT2D eigenvalue weighted by Crippen LogP contribution is 2.30. The molecule has 3 rings (SSSR count). The van der Waals surface area contributed by atoms with Gasteiger partial charge >= 0.3 is 0 Å². The first-order valence-corrected chi connectivity index (χ1v) is 8.33. The minimum absolute atomic E-state index is 0.0575. The zero-order chi connectivity index (χ0) is 14.7. The lowest BCUT2D eigenvalue weighted by atomic mass is 10.1. The molecule has 1 aliphatic rings. The molecule has 2 heterocycles. The molecule has 0 fully saturated rings. The Hall–Kier alpha value is -1.68. The molecule has 2 aromatic heterocycles. The molecule has 0 bridgehead atoms. The smallest absolute Gasteiger partial charge is 0.204 e. The third-order valence-corrected chi connectivity index (χ3v) is 4.99. The van der Waals surface area contributed by atoms with Crippen LogP contribution < -0.4 is 4.74 Å². The van der Waals surface area contributed by atoms with Gasteiger partial charge in [0.25, 0.3) is 0 Å². The summed E-state index contributed by atoms with van der Waals surface area (Å²) in [5.74, 6) is 0.712. The quantitative estimate of drug-likeness (QED) is 0.632. The Morgan fingerprint density at radius 3 is 2.95 bits per heavy atom. The topological polar surface area (TPSA) is 39.2 Å². The van der Waals surface area contributed by atoms with Crippen LogP contribution in [-0.4, -0.2) is 17.4 Å². The summed E-state index contributed by atoms with van der Waals surface area (Å²) in [6.45, 7) is 2.50. The minimum atomic E-state index is 0.0575. The number of rotatable bonds is 4. The number of hydrogen-bond acceptors (Lipinski definition) is 4. The number of aryl methyl sites for hydroxylation is 2. The fourth-order valence-corrected chi connectivity index (χ4v) is 3.93. The van der Waals surface area contributed by atoms with Crippen molar-refractivity contribution in [1.82, 2.24) is 4.98 Å². The number of hydrogen-bond donors (Lipinski definition) is 0. The average molecular weight is 301 g/mol. The first-order valence-electron chi connectivity index (χ1n) is 7.52. The van der Waals surface area contributed by atoms with Crippen LogP contribution >= 0.6 is 11.3 Å². The van der Waals surface area contributed by atoms with Gasteiger partial charge in [-0.2, -0.15) is 0 Å². The molecule has 0 aromatic carbocycles. The van der Waals surface area contributed by atoms with E-state index in [1.54, 1.807) is 29.8 Å². The van der Waals surface area contributed by atoms with E-state index < -0.39 is 0 Å². The van der Waals surface area contributed by atoms with Crippen LogP contribution in [0.5, 0.6) is 5.75 Å². The fourth-order valence-electron chi connectivity index (χ4n) is 2.71. The molecule has 0 spiro atoms. The van der Waals surface area contributed by atoms with Crippen molar-refractivity contribution in [3.8, 4) is 5.75 Å².